The Morgan fingerprint density at radius 1 is 1.26 bits per heavy atom. The molecule has 1 atom stereocenters. The third kappa shape index (κ3) is 3.98. The van der Waals surface area contributed by atoms with E-state index < -0.39 is 22.3 Å². The predicted molar refractivity (Wildman–Crippen MR) is 70.0 cm³/mol. The highest BCUT2D eigenvalue weighted by Crippen LogP contribution is 2.27. The van der Waals surface area contributed by atoms with Crippen molar-refractivity contribution in [3.8, 4) is 0 Å². The van der Waals surface area contributed by atoms with Gasteiger partial charge in [0.05, 0.1) is 18.1 Å². The highest BCUT2D eigenvalue weighted by atomic mass is 32.2. The number of benzene rings is 1. The number of hydrogen-bond donors (Lipinski definition) is 1. The summed E-state index contributed by atoms with van der Waals surface area (Å²) in [6.07, 6.45) is 1.17. The molecule has 1 fully saturated rings. The highest BCUT2D eigenvalue weighted by Gasteiger charge is 2.33. The average Bonchev–Trinajstić information content (AvgIpc) is 2.37. The minimum atomic E-state index is -3.07. The molecule has 1 aliphatic rings. The Kier molecular flexibility index (Phi) is 4.20. The SMILES string of the molecule is O=S1(=O)CCCC(NCC(F)(F)c2ccccc2)C1. The molecule has 106 valence electrons. The maximum Gasteiger partial charge on any atom is 0.285 e. The fourth-order valence-electron chi connectivity index (χ4n) is 2.24. The Hall–Kier alpha value is -1.01. The van der Waals surface area contributed by atoms with Crippen LogP contribution in [0.15, 0.2) is 30.3 Å². The normalized spacial score (nSPS) is 23.2. The van der Waals surface area contributed by atoms with Gasteiger partial charge in [0.15, 0.2) is 9.84 Å². The lowest BCUT2D eigenvalue weighted by molar-refractivity contribution is -0.00550. The summed E-state index contributed by atoms with van der Waals surface area (Å²) in [7, 11) is -3.07. The minimum absolute atomic E-state index is 0.0438. The van der Waals surface area contributed by atoms with Gasteiger partial charge in [-0.2, -0.15) is 8.78 Å². The fraction of sp³-hybridized carbons (Fsp3) is 0.538. The molecule has 0 bridgehead atoms. The van der Waals surface area contributed by atoms with Crippen LogP contribution in [0.4, 0.5) is 8.78 Å². The van der Waals surface area contributed by atoms with Crippen molar-refractivity contribution >= 4 is 9.84 Å². The molecule has 0 amide bonds. The molecule has 19 heavy (non-hydrogen) atoms. The quantitative estimate of drug-likeness (QED) is 0.921. The van der Waals surface area contributed by atoms with Gasteiger partial charge in [0.1, 0.15) is 0 Å². The number of nitrogens with one attached hydrogen (secondary N) is 1. The first-order valence-electron chi connectivity index (χ1n) is 6.26. The Morgan fingerprint density at radius 3 is 2.58 bits per heavy atom. The second-order valence-electron chi connectivity index (χ2n) is 4.90. The van der Waals surface area contributed by atoms with Crippen LogP contribution >= 0.6 is 0 Å². The monoisotopic (exact) mass is 289 g/mol. The van der Waals surface area contributed by atoms with Gasteiger partial charge in [-0.15, -0.1) is 0 Å². The maximum absolute atomic E-state index is 13.9. The molecule has 1 aliphatic heterocycles. The summed E-state index contributed by atoms with van der Waals surface area (Å²) >= 11 is 0. The van der Waals surface area contributed by atoms with Gasteiger partial charge in [-0.3, -0.25) is 0 Å². The Bertz CT molecular complexity index is 517. The molecule has 1 heterocycles. The zero-order valence-electron chi connectivity index (χ0n) is 10.5. The van der Waals surface area contributed by atoms with Crippen LogP contribution in [0.2, 0.25) is 0 Å². The van der Waals surface area contributed by atoms with Crippen LogP contribution in [0.25, 0.3) is 0 Å². The van der Waals surface area contributed by atoms with Crippen molar-refractivity contribution in [2.75, 3.05) is 18.1 Å². The summed E-state index contributed by atoms with van der Waals surface area (Å²) in [5.74, 6) is -2.86. The van der Waals surface area contributed by atoms with Crippen LogP contribution in [-0.2, 0) is 15.8 Å². The Balaban J connectivity index is 1.95. The molecule has 0 radical (unpaired) electrons. The molecule has 1 saturated heterocycles. The standard InChI is InChI=1S/C13H17F2NO2S/c14-13(15,11-5-2-1-3-6-11)10-16-12-7-4-8-19(17,18)9-12/h1-3,5-6,12,16H,4,7-10H2. The molecule has 1 aromatic carbocycles. The van der Waals surface area contributed by atoms with E-state index in [0.29, 0.717) is 12.8 Å². The zero-order chi connectivity index (χ0) is 13.9. The van der Waals surface area contributed by atoms with Gasteiger partial charge in [0.2, 0.25) is 0 Å². The van der Waals surface area contributed by atoms with Gasteiger partial charge in [0.25, 0.3) is 5.92 Å². The van der Waals surface area contributed by atoms with Gasteiger partial charge >= 0.3 is 0 Å². The lowest BCUT2D eigenvalue weighted by Crippen LogP contribution is -2.44. The Morgan fingerprint density at radius 2 is 1.95 bits per heavy atom. The van der Waals surface area contributed by atoms with E-state index >= 15 is 0 Å². The van der Waals surface area contributed by atoms with Crippen molar-refractivity contribution in [2.45, 2.75) is 24.8 Å². The molecule has 0 aromatic heterocycles. The maximum atomic E-state index is 13.9. The van der Waals surface area contributed by atoms with Crippen molar-refractivity contribution in [1.82, 2.24) is 5.32 Å². The Labute approximate surface area is 111 Å². The zero-order valence-corrected chi connectivity index (χ0v) is 11.3. The smallest absolute Gasteiger partial charge is 0.285 e. The van der Waals surface area contributed by atoms with E-state index in [-0.39, 0.29) is 23.1 Å². The molecular formula is C13H17F2NO2S. The third-order valence-corrected chi connectivity index (χ3v) is 5.09. The van der Waals surface area contributed by atoms with Crippen LogP contribution in [0.3, 0.4) is 0 Å². The van der Waals surface area contributed by atoms with Gasteiger partial charge in [-0.25, -0.2) is 8.42 Å². The molecule has 1 unspecified atom stereocenters. The van der Waals surface area contributed by atoms with Crippen LogP contribution in [0.5, 0.6) is 0 Å². The first-order chi connectivity index (χ1) is 8.89. The second kappa shape index (κ2) is 5.54. The van der Waals surface area contributed by atoms with Crippen molar-refractivity contribution in [1.29, 1.82) is 0 Å². The highest BCUT2D eigenvalue weighted by molar-refractivity contribution is 7.91. The summed E-state index contributed by atoms with van der Waals surface area (Å²) in [5, 5.41) is 2.69. The van der Waals surface area contributed by atoms with E-state index in [1.807, 2.05) is 0 Å². The molecule has 0 aliphatic carbocycles. The molecule has 6 heteroatoms. The molecule has 3 nitrogen and oxygen atoms in total. The van der Waals surface area contributed by atoms with Gasteiger partial charge in [0, 0.05) is 11.6 Å². The first kappa shape index (κ1) is 14.4. The largest absolute Gasteiger partial charge is 0.307 e. The van der Waals surface area contributed by atoms with E-state index in [1.165, 1.54) is 12.1 Å². The van der Waals surface area contributed by atoms with E-state index in [9.17, 15) is 17.2 Å². The summed E-state index contributed by atoms with van der Waals surface area (Å²) in [4.78, 5) is 0. The molecule has 2 rings (SSSR count). The first-order valence-corrected chi connectivity index (χ1v) is 8.08. The number of halogens is 2. The fourth-order valence-corrected chi connectivity index (χ4v) is 3.91. The van der Waals surface area contributed by atoms with E-state index in [1.54, 1.807) is 18.2 Å². The van der Waals surface area contributed by atoms with E-state index in [2.05, 4.69) is 5.32 Å². The summed E-state index contributed by atoms with van der Waals surface area (Å²) in [6, 6.07) is 7.19. The number of hydrogen-bond acceptors (Lipinski definition) is 3. The molecule has 1 aromatic rings. The topological polar surface area (TPSA) is 46.2 Å². The molecule has 0 saturated carbocycles. The average molecular weight is 289 g/mol. The number of rotatable bonds is 4. The van der Waals surface area contributed by atoms with Crippen LogP contribution < -0.4 is 5.32 Å². The molecule has 1 N–H and O–H groups in total. The van der Waals surface area contributed by atoms with Crippen LogP contribution in [-0.4, -0.2) is 32.5 Å². The summed E-state index contributed by atoms with van der Waals surface area (Å²) in [6.45, 7) is -0.531. The third-order valence-electron chi connectivity index (χ3n) is 3.27. The van der Waals surface area contributed by atoms with E-state index in [4.69, 9.17) is 0 Å². The number of sulfone groups is 1. The van der Waals surface area contributed by atoms with Crippen LogP contribution in [0.1, 0.15) is 18.4 Å². The number of alkyl halides is 2. The lowest BCUT2D eigenvalue weighted by Gasteiger charge is -2.26. The molecule has 0 spiro atoms. The van der Waals surface area contributed by atoms with Gasteiger partial charge in [-0.1, -0.05) is 30.3 Å². The van der Waals surface area contributed by atoms with Crippen molar-refractivity contribution < 1.29 is 17.2 Å². The summed E-state index contributed by atoms with van der Waals surface area (Å²) < 4.78 is 50.6. The van der Waals surface area contributed by atoms with Crippen molar-refractivity contribution in [2.24, 2.45) is 0 Å². The van der Waals surface area contributed by atoms with Gasteiger partial charge < -0.3 is 5.32 Å². The molecular weight excluding hydrogens is 272 g/mol. The second-order valence-corrected chi connectivity index (χ2v) is 7.13. The summed E-state index contributed by atoms with van der Waals surface area (Å²) in [5.41, 5.74) is -0.0545. The van der Waals surface area contributed by atoms with Gasteiger partial charge in [-0.05, 0) is 12.8 Å². The predicted octanol–water partition coefficient (Wildman–Crippen LogP) is 1.95. The van der Waals surface area contributed by atoms with Crippen molar-refractivity contribution in [3.63, 3.8) is 0 Å². The van der Waals surface area contributed by atoms with Crippen molar-refractivity contribution in [3.05, 3.63) is 35.9 Å². The minimum Gasteiger partial charge on any atom is -0.307 e. The lowest BCUT2D eigenvalue weighted by atomic mass is 10.1. The van der Waals surface area contributed by atoms with E-state index in [0.717, 1.165) is 0 Å². The van der Waals surface area contributed by atoms with Crippen LogP contribution in [0, 0.1) is 0 Å².